The van der Waals surface area contributed by atoms with Crippen molar-refractivity contribution < 1.29 is 27.8 Å². The summed E-state index contributed by atoms with van der Waals surface area (Å²) in [5, 5.41) is 9.41. The van der Waals surface area contributed by atoms with Crippen LogP contribution in [0.25, 0.3) is 0 Å². The number of hydrogen-bond donors (Lipinski definition) is 1. The van der Waals surface area contributed by atoms with Crippen molar-refractivity contribution in [2.24, 2.45) is 0 Å². The summed E-state index contributed by atoms with van der Waals surface area (Å²) in [6, 6.07) is 6.39. The molecule has 0 saturated heterocycles. The van der Waals surface area contributed by atoms with Gasteiger partial charge in [0.05, 0.1) is 12.0 Å². The van der Waals surface area contributed by atoms with E-state index in [1.807, 2.05) is 0 Å². The molecule has 1 heterocycles. The molecule has 3 nitrogen and oxygen atoms in total. The SMILES string of the molecule is O=C(O)C1(CCC(F)(F)F)CCOc2ccccc21. The quantitative estimate of drug-likeness (QED) is 0.921. The highest BCUT2D eigenvalue weighted by atomic mass is 19.4. The van der Waals surface area contributed by atoms with Crippen molar-refractivity contribution >= 4 is 5.97 Å². The van der Waals surface area contributed by atoms with Gasteiger partial charge in [-0.1, -0.05) is 18.2 Å². The first-order valence-corrected chi connectivity index (χ1v) is 5.88. The minimum Gasteiger partial charge on any atom is -0.493 e. The molecule has 1 atom stereocenters. The summed E-state index contributed by atoms with van der Waals surface area (Å²) >= 11 is 0. The molecular formula is C13H13F3O3. The first kappa shape index (κ1) is 13.7. The summed E-state index contributed by atoms with van der Waals surface area (Å²) in [6.45, 7) is 0.112. The van der Waals surface area contributed by atoms with E-state index in [1.54, 1.807) is 18.2 Å². The Morgan fingerprint density at radius 1 is 1.37 bits per heavy atom. The zero-order chi connectivity index (χ0) is 14.1. The van der Waals surface area contributed by atoms with Crippen LogP contribution in [0.2, 0.25) is 0 Å². The molecule has 0 spiro atoms. The second-order valence-corrected chi connectivity index (χ2v) is 4.60. The summed E-state index contributed by atoms with van der Waals surface area (Å²) in [5.74, 6) is -0.870. The second kappa shape index (κ2) is 4.75. The van der Waals surface area contributed by atoms with E-state index in [2.05, 4.69) is 0 Å². The van der Waals surface area contributed by atoms with Crippen LogP contribution in [0.1, 0.15) is 24.8 Å². The molecule has 1 aliphatic rings. The summed E-state index contributed by atoms with van der Waals surface area (Å²) in [5.41, 5.74) is -1.18. The maximum Gasteiger partial charge on any atom is 0.389 e. The largest absolute Gasteiger partial charge is 0.493 e. The van der Waals surface area contributed by atoms with Crippen LogP contribution >= 0.6 is 0 Å². The van der Waals surface area contributed by atoms with Crippen molar-refractivity contribution in [3.8, 4) is 5.75 Å². The van der Waals surface area contributed by atoms with E-state index in [9.17, 15) is 23.1 Å². The molecule has 0 aromatic heterocycles. The van der Waals surface area contributed by atoms with Gasteiger partial charge in [-0.3, -0.25) is 4.79 Å². The van der Waals surface area contributed by atoms with Crippen LogP contribution in [0.15, 0.2) is 24.3 Å². The van der Waals surface area contributed by atoms with Gasteiger partial charge >= 0.3 is 12.1 Å². The molecule has 1 unspecified atom stereocenters. The Balaban J connectivity index is 2.38. The van der Waals surface area contributed by atoms with Crippen LogP contribution in [-0.4, -0.2) is 23.9 Å². The highest BCUT2D eigenvalue weighted by molar-refractivity contribution is 5.83. The molecule has 0 aliphatic carbocycles. The third-order valence-corrected chi connectivity index (χ3v) is 3.43. The van der Waals surface area contributed by atoms with Crippen LogP contribution < -0.4 is 4.74 Å². The van der Waals surface area contributed by atoms with Crippen molar-refractivity contribution in [3.05, 3.63) is 29.8 Å². The average Bonchev–Trinajstić information content (AvgIpc) is 2.35. The van der Waals surface area contributed by atoms with Gasteiger partial charge in [-0.25, -0.2) is 0 Å². The minimum atomic E-state index is -4.37. The first-order valence-electron chi connectivity index (χ1n) is 5.88. The number of para-hydroxylation sites is 1. The zero-order valence-electron chi connectivity index (χ0n) is 10.0. The van der Waals surface area contributed by atoms with E-state index in [1.165, 1.54) is 6.07 Å². The normalized spacial score (nSPS) is 22.5. The summed E-state index contributed by atoms with van der Waals surface area (Å²) in [4.78, 5) is 11.5. The average molecular weight is 274 g/mol. The van der Waals surface area contributed by atoms with Crippen molar-refractivity contribution in [1.29, 1.82) is 0 Å². The second-order valence-electron chi connectivity index (χ2n) is 4.60. The van der Waals surface area contributed by atoms with Gasteiger partial charge in [0.25, 0.3) is 0 Å². The maximum absolute atomic E-state index is 12.4. The molecule has 0 amide bonds. The number of halogens is 3. The number of aliphatic carboxylic acids is 1. The van der Waals surface area contributed by atoms with Crippen LogP contribution in [0, 0.1) is 0 Å². The van der Waals surface area contributed by atoms with Gasteiger partial charge in [0.2, 0.25) is 0 Å². The van der Waals surface area contributed by atoms with Crippen LogP contribution in [0.3, 0.4) is 0 Å². The van der Waals surface area contributed by atoms with Gasteiger partial charge in [-0.15, -0.1) is 0 Å². The Labute approximate surface area is 108 Å². The van der Waals surface area contributed by atoms with E-state index in [0.717, 1.165) is 0 Å². The highest BCUT2D eigenvalue weighted by Gasteiger charge is 2.46. The molecule has 1 N–H and O–H groups in total. The molecule has 6 heteroatoms. The number of benzene rings is 1. The lowest BCUT2D eigenvalue weighted by molar-refractivity contribution is -0.153. The summed E-state index contributed by atoms with van der Waals surface area (Å²) < 4.78 is 42.5. The molecule has 1 aromatic carbocycles. The number of hydrogen-bond acceptors (Lipinski definition) is 2. The van der Waals surface area contributed by atoms with Crippen LogP contribution in [0.4, 0.5) is 13.2 Å². The molecule has 1 aromatic rings. The van der Waals surface area contributed by atoms with Crippen molar-refractivity contribution in [2.45, 2.75) is 30.9 Å². The van der Waals surface area contributed by atoms with E-state index in [4.69, 9.17) is 4.74 Å². The fourth-order valence-corrected chi connectivity index (χ4v) is 2.40. The number of fused-ring (bicyclic) bond motifs is 1. The summed E-state index contributed by atoms with van der Waals surface area (Å²) in [7, 11) is 0. The number of carbonyl (C=O) groups is 1. The molecule has 2 rings (SSSR count). The maximum atomic E-state index is 12.4. The Morgan fingerprint density at radius 3 is 2.68 bits per heavy atom. The third kappa shape index (κ3) is 2.67. The molecule has 0 bridgehead atoms. The lowest BCUT2D eigenvalue weighted by Crippen LogP contribution is -2.41. The van der Waals surface area contributed by atoms with Gasteiger partial charge in [-0.2, -0.15) is 13.2 Å². The number of carboxylic acids is 1. The van der Waals surface area contributed by atoms with Gasteiger partial charge in [0.15, 0.2) is 0 Å². The molecule has 0 fully saturated rings. The number of carboxylic acid groups (broad SMARTS) is 1. The van der Waals surface area contributed by atoms with Gasteiger partial charge in [-0.05, 0) is 12.5 Å². The molecule has 1 aliphatic heterocycles. The Morgan fingerprint density at radius 2 is 2.05 bits per heavy atom. The predicted octanol–water partition coefficient (Wildman–Crippen LogP) is 3.13. The van der Waals surface area contributed by atoms with E-state index >= 15 is 0 Å². The van der Waals surface area contributed by atoms with Gasteiger partial charge in [0, 0.05) is 18.4 Å². The van der Waals surface area contributed by atoms with Crippen molar-refractivity contribution in [2.75, 3.05) is 6.61 Å². The van der Waals surface area contributed by atoms with Crippen LogP contribution in [0.5, 0.6) is 5.75 Å². The Bertz CT molecular complexity index is 484. The molecule has 0 radical (unpaired) electrons. The van der Waals surface area contributed by atoms with E-state index in [-0.39, 0.29) is 13.0 Å². The summed E-state index contributed by atoms with van der Waals surface area (Å²) in [6.07, 6.45) is -5.90. The standard InChI is InChI=1S/C13H13F3O3/c14-13(15,16)6-5-12(11(17)18)7-8-19-10-4-2-1-3-9(10)12/h1-4H,5-8H2,(H,17,18). The number of ether oxygens (including phenoxy) is 1. The van der Waals surface area contributed by atoms with E-state index < -0.39 is 30.4 Å². The van der Waals surface area contributed by atoms with Crippen molar-refractivity contribution in [1.82, 2.24) is 0 Å². The molecular weight excluding hydrogens is 261 g/mol. The monoisotopic (exact) mass is 274 g/mol. The lowest BCUT2D eigenvalue weighted by atomic mass is 9.72. The molecule has 104 valence electrons. The molecule has 0 saturated carbocycles. The van der Waals surface area contributed by atoms with E-state index in [0.29, 0.717) is 11.3 Å². The lowest BCUT2D eigenvalue weighted by Gasteiger charge is -2.35. The Kier molecular flexibility index (Phi) is 3.43. The Hall–Kier alpha value is -1.72. The van der Waals surface area contributed by atoms with Crippen LogP contribution in [-0.2, 0) is 10.2 Å². The molecule has 19 heavy (non-hydrogen) atoms. The number of rotatable bonds is 3. The fraction of sp³-hybridized carbons (Fsp3) is 0.462. The van der Waals surface area contributed by atoms with Gasteiger partial charge in [0.1, 0.15) is 5.75 Å². The van der Waals surface area contributed by atoms with Crippen molar-refractivity contribution in [3.63, 3.8) is 0 Å². The third-order valence-electron chi connectivity index (χ3n) is 3.43. The zero-order valence-corrected chi connectivity index (χ0v) is 10.0. The van der Waals surface area contributed by atoms with Gasteiger partial charge < -0.3 is 9.84 Å². The predicted molar refractivity (Wildman–Crippen MR) is 61.2 cm³/mol. The smallest absolute Gasteiger partial charge is 0.389 e. The highest BCUT2D eigenvalue weighted by Crippen LogP contribution is 2.43. The number of alkyl halides is 3. The topological polar surface area (TPSA) is 46.5 Å². The minimum absolute atomic E-state index is 0.0510. The first-order chi connectivity index (χ1) is 8.85. The fourth-order valence-electron chi connectivity index (χ4n) is 2.40.